The van der Waals surface area contributed by atoms with E-state index in [2.05, 4.69) is 33.1 Å². The molecule has 1 unspecified atom stereocenters. The Bertz CT molecular complexity index is 1350. The highest BCUT2D eigenvalue weighted by Gasteiger charge is 2.61. The molecule has 0 radical (unpaired) electrons. The van der Waals surface area contributed by atoms with E-state index in [-0.39, 0.29) is 41.7 Å². The second-order valence-corrected chi connectivity index (χ2v) is 12.8. The normalized spacial score (nSPS) is 24.2. The molecule has 3 saturated heterocycles. The number of amides is 2. The third-order valence-electron chi connectivity index (χ3n) is 8.63. The largest absolute Gasteiger partial charge is 0.369 e. The van der Waals surface area contributed by atoms with Crippen LogP contribution in [0.3, 0.4) is 0 Å². The van der Waals surface area contributed by atoms with Crippen LogP contribution in [0.5, 0.6) is 0 Å². The maximum Gasteiger partial charge on any atom is 0.251 e. The second kappa shape index (κ2) is 12.9. The standard InChI is InChI=1S/C31H40FN5O5S/c1-7-20-17-37(26-25(20)42-18-31(26,40-5)41-6)29(39)23(16-19(2)3)33-28(38)22-10-8-21(9-11-22)24-27(32)43-30(34-24)36-14-12-35(4)13-15-36/h1,8-11,19-20,23,25-26H,12-18H2,2-6H3,(H,33,38)/t20-,23+,25-,26?/m1/s1. The van der Waals surface area contributed by atoms with Gasteiger partial charge in [0.25, 0.3) is 5.91 Å². The molecule has 0 bridgehead atoms. The number of ether oxygens (including phenoxy) is 3. The third kappa shape index (κ3) is 6.14. The van der Waals surface area contributed by atoms with Crippen LogP contribution in [0.15, 0.2) is 24.3 Å². The van der Waals surface area contributed by atoms with Crippen molar-refractivity contribution in [3.8, 4) is 23.6 Å². The van der Waals surface area contributed by atoms with Crippen LogP contribution in [0.25, 0.3) is 11.3 Å². The number of rotatable bonds is 9. The first-order valence-corrected chi connectivity index (χ1v) is 15.4. The van der Waals surface area contributed by atoms with Gasteiger partial charge >= 0.3 is 0 Å². The lowest BCUT2D eigenvalue weighted by atomic mass is 9.98. The Morgan fingerprint density at radius 3 is 2.49 bits per heavy atom. The molecule has 10 nitrogen and oxygen atoms in total. The highest BCUT2D eigenvalue weighted by Crippen LogP contribution is 2.41. The highest BCUT2D eigenvalue weighted by molar-refractivity contribution is 7.14. The molecule has 2 aromatic rings. The minimum atomic E-state index is -1.15. The number of piperazine rings is 1. The zero-order valence-corrected chi connectivity index (χ0v) is 26.2. The molecular weight excluding hydrogens is 573 g/mol. The number of thiazole rings is 1. The van der Waals surface area contributed by atoms with E-state index < -0.39 is 29.9 Å². The summed E-state index contributed by atoms with van der Waals surface area (Å²) in [6.45, 7) is 7.79. The summed E-state index contributed by atoms with van der Waals surface area (Å²) in [7, 11) is 5.10. The van der Waals surface area contributed by atoms with Crippen molar-refractivity contribution in [2.24, 2.45) is 11.8 Å². The second-order valence-electron chi connectivity index (χ2n) is 11.8. The maximum atomic E-state index is 14.9. The molecule has 3 aliphatic heterocycles. The van der Waals surface area contributed by atoms with Gasteiger partial charge in [0.05, 0.1) is 12.0 Å². The number of likely N-dealkylation sites (N-methyl/N-ethyl adjacent to an activating group) is 1. The van der Waals surface area contributed by atoms with Crippen LogP contribution in [-0.4, -0.2) is 111 Å². The molecule has 4 atom stereocenters. The van der Waals surface area contributed by atoms with Gasteiger partial charge < -0.3 is 34.2 Å². The quantitative estimate of drug-likeness (QED) is 0.341. The smallest absolute Gasteiger partial charge is 0.251 e. The van der Waals surface area contributed by atoms with E-state index in [0.29, 0.717) is 22.7 Å². The fraction of sp³-hybridized carbons (Fsp3) is 0.581. The first-order valence-electron chi connectivity index (χ1n) is 14.6. The first-order chi connectivity index (χ1) is 20.6. The number of nitrogens with one attached hydrogen (secondary N) is 1. The summed E-state index contributed by atoms with van der Waals surface area (Å²) in [5.74, 6) is 0.717. The maximum absolute atomic E-state index is 14.9. The van der Waals surface area contributed by atoms with E-state index in [4.69, 9.17) is 20.6 Å². The Labute approximate surface area is 256 Å². The van der Waals surface area contributed by atoms with Crippen molar-refractivity contribution in [2.45, 2.75) is 44.2 Å². The predicted molar refractivity (Wildman–Crippen MR) is 162 cm³/mol. The molecule has 1 aromatic heterocycles. The number of nitrogens with zero attached hydrogens (tertiary/aromatic N) is 4. The lowest BCUT2D eigenvalue weighted by Gasteiger charge is -2.37. The summed E-state index contributed by atoms with van der Waals surface area (Å²) in [6.07, 6.45) is 5.78. The molecule has 43 heavy (non-hydrogen) atoms. The first kappa shape index (κ1) is 31.3. The monoisotopic (exact) mass is 613 g/mol. The van der Waals surface area contributed by atoms with E-state index in [0.717, 1.165) is 37.5 Å². The molecule has 3 aliphatic rings. The number of likely N-dealkylation sites (tertiary alicyclic amines) is 1. The summed E-state index contributed by atoms with van der Waals surface area (Å²) in [5.41, 5.74) is 1.21. The van der Waals surface area contributed by atoms with Gasteiger partial charge in [0.2, 0.25) is 16.8 Å². The Balaban J connectivity index is 1.31. The fourth-order valence-corrected chi connectivity index (χ4v) is 7.02. The Kier molecular flexibility index (Phi) is 9.39. The van der Waals surface area contributed by atoms with Crippen molar-refractivity contribution in [1.82, 2.24) is 20.1 Å². The molecule has 1 N–H and O–H groups in total. The minimum Gasteiger partial charge on any atom is -0.369 e. The molecule has 1 aromatic carbocycles. The number of benzene rings is 1. The summed E-state index contributed by atoms with van der Waals surface area (Å²) in [4.78, 5) is 38.0. The SMILES string of the molecule is C#C[C@@H]1CN(C(=O)[C@H](CC(C)C)NC(=O)c2ccc(-c3nc(N4CCN(C)CC4)sc3F)cc2)C2[C@@H]1OCC2(OC)OC. The molecule has 12 heteroatoms. The van der Waals surface area contributed by atoms with E-state index in [1.165, 1.54) is 14.2 Å². The fourth-order valence-electron chi connectivity index (χ4n) is 6.15. The van der Waals surface area contributed by atoms with Crippen molar-refractivity contribution >= 4 is 28.3 Å². The van der Waals surface area contributed by atoms with Gasteiger partial charge in [-0.25, -0.2) is 4.98 Å². The van der Waals surface area contributed by atoms with Gasteiger partial charge in [0.15, 0.2) is 5.13 Å². The van der Waals surface area contributed by atoms with Gasteiger partial charge in [-0.3, -0.25) is 9.59 Å². The van der Waals surface area contributed by atoms with E-state index >= 15 is 0 Å². The molecular formula is C31H40FN5O5S. The summed E-state index contributed by atoms with van der Waals surface area (Å²) >= 11 is 1.04. The number of aromatic nitrogens is 1. The van der Waals surface area contributed by atoms with Crippen LogP contribution in [-0.2, 0) is 19.0 Å². The number of anilines is 1. The van der Waals surface area contributed by atoms with Crippen LogP contribution in [0, 0.1) is 29.3 Å². The molecule has 0 aliphatic carbocycles. The Hall–Kier alpha value is -3.08. The van der Waals surface area contributed by atoms with Crippen molar-refractivity contribution in [3.63, 3.8) is 0 Å². The number of hydrogen-bond acceptors (Lipinski definition) is 9. The zero-order valence-electron chi connectivity index (χ0n) is 25.3. The number of carbonyl (C=O) groups is 2. The van der Waals surface area contributed by atoms with Crippen LogP contribution >= 0.6 is 11.3 Å². The van der Waals surface area contributed by atoms with Gasteiger partial charge in [-0.15, -0.1) is 6.42 Å². The van der Waals surface area contributed by atoms with Crippen LogP contribution in [0.4, 0.5) is 9.52 Å². The van der Waals surface area contributed by atoms with Crippen LogP contribution in [0.1, 0.15) is 30.6 Å². The van der Waals surface area contributed by atoms with Gasteiger partial charge in [-0.05, 0) is 31.5 Å². The number of halogens is 1. The van der Waals surface area contributed by atoms with E-state index in [1.54, 1.807) is 29.2 Å². The average molecular weight is 614 g/mol. The molecule has 232 valence electrons. The average Bonchev–Trinajstić information content (AvgIpc) is 3.69. The Morgan fingerprint density at radius 1 is 1.21 bits per heavy atom. The van der Waals surface area contributed by atoms with Crippen molar-refractivity contribution in [3.05, 3.63) is 35.0 Å². The van der Waals surface area contributed by atoms with E-state index in [1.807, 2.05) is 13.8 Å². The summed E-state index contributed by atoms with van der Waals surface area (Å²) in [6, 6.07) is 5.27. The van der Waals surface area contributed by atoms with Crippen LogP contribution < -0.4 is 10.2 Å². The third-order valence-corrected chi connectivity index (χ3v) is 9.54. The Morgan fingerprint density at radius 2 is 1.88 bits per heavy atom. The molecule has 0 saturated carbocycles. The molecule has 0 spiro atoms. The molecule has 4 heterocycles. The zero-order chi connectivity index (χ0) is 30.9. The van der Waals surface area contributed by atoms with Crippen molar-refractivity contribution in [1.29, 1.82) is 0 Å². The van der Waals surface area contributed by atoms with Gasteiger partial charge in [-0.2, -0.15) is 4.39 Å². The molecule has 3 fully saturated rings. The number of terminal acetylenes is 1. The lowest BCUT2D eigenvalue weighted by Crippen LogP contribution is -2.58. The van der Waals surface area contributed by atoms with Gasteiger partial charge in [0, 0.05) is 58.1 Å². The summed E-state index contributed by atoms with van der Waals surface area (Å²) < 4.78 is 32.3. The van der Waals surface area contributed by atoms with Crippen molar-refractivity contribution < 1.29 is 28.2 Å². The van der Waals surface area contributed by atoms with E-state index in [9.17, 15) is 14.0 Å². The number of methoxy groups -OCH3 is 2. The number of fused-ring (bicyclic) bond motifs is 1. The highest BCUT2D eigenvalue weighted by atomic mass is 32.1. The van der Waals surface area contributed by atoms with Crippen LogP contribution in [0.2, 0.25) is 0 Å². The van der Waals surface area contributed by atoms with Gasteiger partial charge in [0.1, 0.15) is 24.4 Å². The van der Waals surface area contributed by atoms with Gasteiger partial charge in [-0.1, -0.05) is 43.2 Å². The predicted octanol–water partition coefficient (Wildman–Crippen LogP) is 2.69. The topological polar surface area (TPSA) is 96.5 Å². The van der Waals surface area contributed by atoms with Crippen molar-refractivity contribution in [2.75, 3.05) is 65.5 Å². The number of carbonyl (C=O) groups excluding carboxylic acids is 2. The summed E-state index contributed by atoms with van der Waals surface area (Å²) in [5, 5.41) is 3.24. The minimum absolute atomic E-state index is 0.120. The molecule has 2 amide bonds. The lowest BCUT2D eigenvalue weighted by molar-refractivity contribution is -0.227. The molecule has 5 rings (SSSR count). The number of hydrogen-bond donors (Lipinski definition) is 1.